The molecule has 0 unspecified atom stereocenters. The maximum atomic E-state index is 10.9. The van der Waals surface area contributed by atoms with Gasteiger partial charge in [0, 0.05) is 31.2 Å². The van der Waals surface area contributed by atoms with Crippen LogP contribution in [0.1, 0.15) is 12.0 Å². The van der Waals surface area contributed by atoms with Gasteiger partial charge in [0.15, 0.2) is 0 Å². The number of hydrogen-bond acceptors (Lipinski definition) is 3. The Morgan fingerprint density at radius 3 is 2.30 bits per heavy atom. The third kappa shape index (κ3) is 5.12. The van der Waals surface area contributed by atoms with Crippen molar-refractivity contribution in [3.63, 3.8) is 0 Å². The molecule has 110 valence electrons. The van der Waals surface area contributed by atoms with Gasteiger partial charge in [-0.05, 0) is 37.1 Å². The maximum Gasteiger partial charge on any atom is 0.231 e. The first-order chi connectivity index (χ1) is 9.63. The highest BCUT2D eigenvalue weighted by Crippen LogP contribution is 2.11. The van der Waals surface area contributed by atoms with Crippen LogP contribution in [0.25, 0.3) is 0 Å². The summed E-state index contributed by atoms with van der Waals surface area (Å²) in [5.74, 6) is -0.235. The minimum Gasteiger partial charge on any atom is -0.369 e. The zero-order valence-corrected chi connectivity index (χ0v) is 12.5. The highest BCUT2D eigenvalue weighted by atomic mass is 35.5. The quantitative estimate of drug-likeness (QED) is 0.862. The first-order valence-corrected chi connectivity index (χ1v) is 7.49. The molecule has 1 aromatic carbocycles. The van der Waals surface area contributed by atoms with Crippen molar-refractivity contribution in [3.05, 3.63) is 34.9 Å². The van der Waals surface area contributed by atoms with Gasteiger partial charge in [-0.2, -0.15) is 0 Å². The molecule has 1 saturated heterocycles. The molecule has 1 fully saturated rings. The van der Waals surface area contributed by atoms with Gasteiger partial charge in [0.2, 0.25) is 5.91 Å². The lowest BCUT2D eigenvalue weighted by Crippen LogP contribution is -2.48. The third-order valence-corrected chi connectivity index (χ3v) is 3.95. The van der Waals surface area contributed by atoms with Crippen molar-refractivity contribution in [1.29, 1.82) is 0 Å². The van der Waals surface area contributed by atoms with Gasteiger partial charge in [-0.25, -0.2) is 0 Å². The summed E-state index contributed by atoms with van der Waals surface area (Å²) in [6.45, 7) is 5.40. The largest absolute Gasteiger partial charge is 0.369 e. The number of rotatable bonds is 6. The summed E-state index contributed by atoms with van der Waals surface area (Å²) in [5.41, 5.74) is 6.54. The number of piperazine rings is 1. The van der Waals surface area contributed by atoms with E-state index in [2.05, 4.69) is 21.9 Å². The molecule has 1 heterocycles. The van der Waals surface area contributed by atoms with E-state index < -0.39 is 0 Å². The Hall–Kier alpha value is -1.10. The fourth-order valence-corrected chi connectivity index (χ4v) is 2.68. The first-order valence-electron chi connectivity index (χ1n) is 7.11. The molecule has 0 aromatic heterocycles. The van der Waals surface area contributed by atoms with Crippen molar-refractivity contribution >= 4 is 17.5 Å². The van der Waals surface area contributed by atoms with Crippen molar-refractivity contribution in [3.8, 4) is 0 Å². The fourth-order valence-electron chi connectivity index (χ4n) is 2.55. The van der Waals surface area contributed by atoms with Gasteiger partial charge in [0.05, 0.1) is 6.54 Å². The summed E-state index contributed by atoms with van der Waals surface area (Å²) in [7, 11) is 0. The Labute approximate surface area is 125 Å². The van der Waals surface area contributed by atoms with E-state index in [1.54, 1.807) is 0 Å². The number of carbonyl (C=O) groups excluding carboxylic acids is 1. The molecule has 0 atom stereocenters. The molecule has 1 aliphatic rings. The van der Waals surface area contributed by atoms with Crippen LogP contribution in [-0.2, 0) is 11.2 Å². The second-order valence-corrected chi connectivity index (χ2v) is 5.75. The number of nitrogens with zero attached hydrogens (tertiary/aromatic N) is 2. The number of nitrogens with two attached hydrogens (primary N) is 1. The molecule has 5 heteroatoms. The lowest BCUT2D eigenvalue weighted by Gasteiger charge is -2.33. The SMILES string of the molecule is NC(=O)CN1CCN(CCCc2ccc(Cl)cc2)CC1. The second-order valence-electron chi connectivity index (χ2n) is 5.31. The Morgan fingerprint density at radius 2 is 1.70 bits per heavy atom. The monoisotopic (exact) mass is 295 g/mol. The molecule has 0 saturated carbocycles. The van der Waals surface area contributed by atoms with Gasteiger partial charge in [0.1, 0.15) is 0 Å². The van der Waals surface area contributed by atoms with Gasteiger partial charge in [-0.3, -0.25) is 9.69 Å². The molecule has 0 bridgehead atoms. The molecule has 4 nitrogen and oxygen atoms in total. The summed E-state index contributed by atoms with van der Waals surface area (Å²) in [6, 6.07) is 8.07. The van der Waals surface area contributed by atoms with E-state index in [0.717, 1.165) is 50.6 Å². The van der Waals surface area contributed by atoms with Crippen LogP contribution in [0, 0.1) is 0 Å². The lowest BCUT2D eigenvalue weighted by molar-refractivity contribution is -0.119. The number of halogens is 1. The number of primary amides is 1. The van der Waals surface area contributed by atoms with Crippen molar-refractivity contribution in [2.45, 2.75) is 12.8 Å². The molecule has 0 spiro atoms. The molecule has 2 N–H and O–H groups in total. The summed E-state index contributed by atoms with van der Waals surface area (Å²) in [4.78, 5) is 15.4. The number of benzene rings is 1. The van der Waals surface area contributed by atoms with E-state index in [9.17, 15) is 4.79 Å². The number of carbonyl (C=O) groups is 1. The number of aryl methyl sites for hydroxylation is 1. The van der Waals surface area contributed by atoms with E-state index in [1.807, 2.05) is 12.1 Å². The summed E-state index contributed by atoms with van der Waals surface area (Å²) >= 11 is 5.87. The summed E-state index contributed by atoms with van der Waals surface area (Å²) in [6.07, 6.45) is 2.23. The minimum atomic E-state index is -0.235. The topological polar surface area (TPSA) is 49.6 Å². The molecule has 0 radical (unpaired) electrons. The lowest BCUT2D eigenvalue weighted by atomic mass is 10.1. The molecule has 20 heavy (non-hydrogen) atoms. The van der Waals surface area contributed by atoms with Gasteiger partial charge in [0.25, 0.3) is 0 Å². The molecule has 2 rings (SSSR count). The molecule has 1 aliphatic heterocycles. The number of amides is 1. The summed E-state index contributed by atoms with van der Waals surface area (Å²) in [5, 5.41) is 0.791. The Morgan fingerprint density at radius 1 is 1.10 bits per heavy atom. The van der Waals surface area contributed by atoms with E-state index in [0.29, 0.717) is 6.54 Å². The standard InChI is InChI=1S/C15H22ClN3O/c16-14-5-3-13(4-6-14)2-1-7-18-8-10-19(11-9-18)12-15(17)20/h3-6H,1-2,7-12H2,(H2,17,20). The van der Waals surface area contributed by atoms with Crippen LogP contribution in [0.4, 0.5) is 0 Å². The van der Waals surface area contributed by atoms with Crippen LogP contribution in [0.3, 0.4) is 0 Å². The fraction of sp³-hybridized carbons (Fsp3) is 0.533. The average Bonchev–Trinajstić information content (AvgIpc) is 2.42. The van der Waals surface area contributed by atoms with Crippen LogP contribution in [0.2, 0.25) is 5.02 Å². The van der Waals surface area contributed by atoms with Crippen LogP contribution in [0.5, 0.6) is 0 Å². The Balaban J connectivity index is 1.63. The van der Waals surface area contributed by atoms with Crippen LogP contribution in [-0.4, -0.2) is 55.0 Å². The second kappa shape index (κ2) is 7.62. The first kappa shape index (κ1) is 15.3. The van der Waals surface area contributed by atoms with E-state index in [-0.39, 0.29) is 5.91 Å². The molecular formula is C15H22ClN3O. The zero-order valence-electron chi connectivity index (χ0n) is 11.7. The average molecular weight is 296 g/mol. The van der Waals surface area contributed by atoms with Crippen LogP contribution < -0.4 is 5.73 Å². The van der Waals surface area contributed by atoms with Crippen molar-refractivity contribution in [1.82, 2.24) is 9.80 Å². The Kier molecular flexibility index (Phi) is 5.83. The Bertz CT molecular complexity index is 427. The highest BCUT2D eigenvalue weighted by molar-refractivity contribution is 6.30. The van der Waals surface area contributed by atoms with Gasteiger partial charge >= 0.3 is 0 Å². The van der Waals surface area contributed by atoms with Crippen LogP contribution in [0.15, 0.2) is 24.3 Å². The van der Waals surface area contributed by atoms with Crippen molar-refractivity contribution in [2.24, 2.45) is 5.73 Å². The third-order valence-electron chi connectivity index (χ3n) is 3.70. The smallest absolute Gasteiger partial charge is 0.231 e. The number of hydrogen-bond donors (Lipinski definition) is 1. The van der Waals surface area contributed by atoms with E-state index in [4.69, 9.17) is 17.3 Å². The molecule has 0 aliphatic carbocycles. The van der Waals surface area contributed by atoms with Crippen molar-refractivity contribution in [2.75, 3.05) is 39.3 Å². The molecule has 1 aromatic rings. The minimum absolute atomic E-state index is 0.235. The van der Waals surface area contributed by atoms with E-state index in [1.165, 1.54) is 5.56 Å². The zero-order chi connectivity index (χ0) is 14.4. The van der Waals surface area contributed by atoms with Gasteiger partial charge in [-0.15, -0.1) is 0 Å². The van der Waals surface area contributed by atoms with Gasteiger partial charge in [-0.1, -0.05) is 23.7 Å². The van der Waals surface area contributed by atoms with Crippen molar-refractivity contribution < 1.29 is 4.79 Å². The predicted molar refractivity (Wildman–Crippen MR) is 81.8 cm³/mol. The molecular weight excluding hydrogens is 274 g/mol. The van der Waals surface area contributed by atoms with E-state index >= 15 is 0 Å². The summed E-state index contributed by atoms with van der Waals surface area (Å²) < 4.78 is 0. The highest BCUT2D eigenvalue weighted by Gasteiger charge is 2.17. The normalized spacial score (nSPS) is 17.2. The maximum absolute atomic E-state index is 10.9. The van der Waals surface area contributed by atoms with Crippen LogP contribution >= 0.6 is 11.6 Å². The van der Waals surface area contributed by atoms with Gasteiger partial charge < -0.3 is 10.6 Å². The predicted octanol–water partition coefficient (Wildman–Crippen LogP) is 1.38. The molecule has 1 amide bonds.